The zero-order valence-corrected chi connectivity index (χ0v) is 8.90. The number of hydrogen-bond donors (Lipinski definition) is 0. The quantitative estimate of drug-likeness (QED) is 0.324. The molecule has 0 heterocycles. The van der Waals surface area contributed by atoms with Crippen molar-refractivity contribution in [2.45, 2.75) is 20.7 Å². The molecule has 0 amide bonds. The first-order valence-electron chi connectivity index (χ1n) is 4.57. The summed E-state index contributed by atoms with van der Waals surface area (Å²) < 4.78 is 0. The van der Waals surface area contributed by atoms with Crippen LogP contribution in [0.15, 0.2) is 12.1 Å². The second kappa shape index (κ2) is 4.25. The summed E-state index contributed by atoms with van der Waals surface area (Å²) in [4.78, 5) is 21.6. The number of Topliss-reactive ketones (excluding diaryl/α,β-unsaturated/α-hetero) is 1. The number of nitro groups is 1. The minimum atomic E-state index is -0.471. The highest BCUT2D eigenvalue weighted by Crippen LogP contribution is 2.19. The first-order valence-corrected chi connectivity index (χ1v) is 4.57. The van der Waals surface area contributed by atoms with Crippen LogP contribution in [0.25, 0.3) is 0 Å². The standard InChI is InChI=1S/C10H11BNO3/c1-6-9(12(14)15)5-4-8(11-3)10(6)7(2)13/h4-5H,1-3H3. The van der Waals surface area contributed by atoms with Crippen LogP contribution in [0.3, 0.4) is 0 Å². The first kappa shape index (κ1) is 11.4. The normalized spacial score (nSPS) is 9.80. The third kappa shape index (κ3) is 2.06. The van der Waals surface area contributed by atoms with Gasteiger partial charge in [-0.2, -0.15) is 0 Å². The second-order valence-electron chi connectivity index (χ2n) is 3.28. The largest absolute Gasteiger partial charge is 0.295 e. The van der Waals surface area contributed by atoms with Gasteiger partial charge in [0.2, 0.25) is 0 Å². The van der Waals surface area contributed by atoms with Crippen LogP contribution in [0.4, 0.5) is 5.69 Å². The maximum Gasteiger partial charge on any atom is 0.272 e. The Morgan fingerprint density at radius 2 is 2.07 bits per heavy atom. The van der Waals surface area contributed by atoms with Gasteiger partial charge in [0, 0.05) is 17.2 Å². The molecule has 0 bridgehead atoms. The predicted molar refractivity (Wildman–Crippen MR) is 59.1 cm³/mol. The summed E-state index contributed by atoms with van der Waals surface area (Å²) in [6, 6.07) is 3.03. The van der Waals surface area contributed by atoms with Gasteiger partial charge in [-0.15, -0.1) is 0 Å². The van der Waals surface area contributed by atoms with Gasteiger partial charge in [0.05, 0.1) is 4.92 Å². The van der Waals surface area contributed by atoms with Gasteiger partial charge in [-0.05, 0) is 13.8 Å². The van der Waals surface area contributed by atoms with E-state index in [4.69, 9.17) is 0 Å². The van der Waals surface area contributed by atoms with Crippen molar-refractivity contribution >= 4 is 24.2 Å². The van der Waals surface area contributed by atoms with E-state index in [1.807, 2.05) is 0 Å². The van der Waals surface area contributed by atoms with E-state index >= 15 is 0 Å². The lowest BCUT2D eigenvalue weighted by Gasteiger charge is -2.08. The Balaban J connectivity index is 3.49. The molecule has 15 heavy (non-hydrogen) atoms. The highest BCUT2D eigenvalue weighted by Gasteiger charge is 2.18. The third-order valence-electron chi connectivity index (χ3n) is 2.33. The summed E-state index contributed by atoms with van der Waals surface area (Å²) >= 11 is 0. The maximum atomic E-state index is 11.4. The lowest BCUT2D eigenvalue weighted by atomic mass is 9.69. The summed E-state index contributed by atoms with van der Waals surface area (Å²) in [5.41, 5.74) is 1.60. The zero-order valence-electron chi connectivity index (χ0n) is 8.90. The molecule has 0 atom stereocenters. The molecule has 5 heteroatoms. The van der Waals surface area contributed by atoms with Crippen molar-refractivity contribution < 1.29 is 9.72 Å². The van der Waals surface area contributed by atoms with Crippen molar-refractivity contribution in [3.8, 4) is 0 Å². The van der Waals surface area contributed by atoms with Crippen molar-refractivity contribution in [2.24, 2.45) is 0 Å². The van der Waals surface area contributed by atoms with E-state index in [0.717, 1.165) is 5.46 Å². The number of nitro benzene ring substituents is 1. The number of benzene rings is 1. The lowest BCUT2D eigenvalue weighted by Crippen LogP contribution is -2.21. The predicted octanol–water partition coefficient (Wildman–Crippen LogP) is 1.48. The molecule has 0 aliphatic rings. The molecule has 77 valence electrons. The molecule has 0 fully saturated rings. The molecule has 0 spiro atoms. The minimum Gasteiger partial charge on any atom is -0.295 e. The molecule has 0 aromatic heterocycles. The number of hydrogen-bond acceptors (Lipinski definition) is 3. The van der Waals surface area contributed by atoms with E-state index in [-0.39, 0.29) is 11.5 Å². The molecule has 0 saturated carbocycles. The Morgan fingerprint density at radius 3 is 2.47 bits per heavy atom. The zero-order chi connectivity index (χ0) is 11.6. The van der Waals surface area contributed by atoms with Crippen molar-refractivity contribution in [1.29, 1.82) is 0 Å². The third-order valence-corrected chi connectivity index (χ3v) is 2.33. The van der Waals surface area contributed by atoms with Crippen LogP contribution in [0, 0.1) is 17.0 Å². The fraction of sp³-hybridized carbons (Fsp3) is 0.300. The average Bonchev–Trinajstić information content (AvgIpc) is 2.15. The molecule has 0 aliphatic carbocycles. The smallest absolute Gasteiger partial charge is 0.272 e. The summed E-state index contributed by atoms with van der Waals surface area (Å²) in [6.07, 6.45) is 0. The molecular formula is C10H11BNO3. The van der Waals surface area contributed by atoms with E-state index < -0.39 is 4.92 Å². The molecule has 1 rings (SSSR count). The number of carbonyl (C=O) groups excluding carboxylic acids is 1. The van der Waals surface area contributed by atoms with Crippen LogP contribution >= 0.6 is 0 Å². The van der Waals surface area contributed by atoms with Gasteiger partial charge in [-0.25, -0.2) is 0 Å². The van der Waals surface area contributed by atoms with Crippen LogP contribution in [-0.4, -0.2) is 18.0 Å². The van der Waals surface area contributed by atoms with Gasteiger partial charge >= 0.3 is 0 Å². The Morgan fingerprint density at radius 1 is 1.47 bits per heavy atom. The van der Waals surface area contributed by atoms with Crippen LogP contribution in [0.2, 0.25) is 6.82 Å². The Hall–Kier alpha value is -1.65. The van der Waals surface area contributed by atoms with E-state index in [1.54, 1.807) is 27.1 Å². The Labute approximate surface area is 88.7 Å². The van der Waals surface area contributed by atoms with Crippen LogP contribution < -0.4 is 5.46 Å². The van der Waals surface area contributed by atoms with Crippen molar-refractivity contribution in [2.75, 3.05) is 0 Å². The molecule has 4 nitrogen and oxygen atoms in total. The van der Waals surface area contributed by atoms with Gasteiger partial charge in [0.25, 0.3) is 5.69 Å². The highest BCUT2D eigenvalue weighted by molar-refractivity contribution is 6.54. The van der Waals surface area contributed by atoms with Crippen molar-refractivity contribution in [3.63, 3.8) is 0 Å². The Kier molecular flexibility index (Phi) is 3.24. The van der Waals surface area contributed by atoms with Crippen LogP contribution in [-0.2, 0) is 0 Å². The topological polar surface area (TPSA) is 60.2 Å². The SMILES string of the molecule is C[B]c1ccc([N+](=O)[O-])c(C)c1C(C)=O. The van der Waals surface area contributed by atoms with Gasteiger partial charge < -0.3 is 0 Å². The maximum absolute atomic E-state index is 11.4. The van der Waals surface area contributed by atoms with Crippen molar-refractivity contribution in [1.82, 2.24) is 0 Å². The molecule has 0 N–H and O–H groups in total. The number of carbonyl (C=O) groups is 1. The van der Waals surface area contributed by atoms with E-state index in [9.17, 15) is 14.9 Å². The molecule has 1 radical (unpaired) electrons. The average molecular weight is 204 g/mol. The van der Waals surface area contributed by atoms with E-state index in [0.29, 0.717) is 11.1 Å². The summed E-state index contributed by atoms with van der Waals surface area (Å²) in [5, 5.41) is 10.7. The minimum absolute atomic E-state index is 0.00852. The van der Waals surface area contributed by atoms with Gasteiger partial charge in [0.1, 0.15) is 7.28 Å². The molecule has 0 aliphatic heterocycles. The lowest BCUT2D eigenvalue weighted by molar-refractivity contribution is -0.385. The molecular weight excluding hydrogens is 193 g/mol. The fourth-order valence-electron chi connectivity index (χ4n) is 1.63. The molecule has 1 aromatic carbocycles. The first-order chi connectivity index (χ1) is 6.99. The summed E-state index contributed by atoms with van der Waals surface area (Å²) in [7, 11) is 1.77. The summed E-state index contributed by atoms with van der Waals surface area (Å²) in [6.45, 7) is 4.81. The molecule has 1 aromatic rings. The molecule has 0 unspecified atom stereocenters. The van der Waals surface area contributed by atoms with Gasteiger partial charge in [-0.1, -0.05) is 18.4 Å². The monoisotopic (exact) mass is 204 g/mol. The number of nitrogens with zero attached hydrogens (tertiary/aromatic N) is 1. The van der Waals surface area contributed by atoms with Gasteiger partial charge in [0.15, 0.2) is 5.78 Å². The molecule has 0 saturated heterocycles. The second-order valence-corrected chi connectivity index (χ2v) is 3.28. The van der Waals surface area contributed by atoms with Crippen LogP contribution in [0.5, 0.6) is 0 Å². The van der Waals surface area contributed by atoms with Crippen LogP contribution in [0.1, 0.15) is 22.8 Å². The highest BCUT2D eigenvalue weighted by atomic mass is 16.6. The number of ketones is 1. The van der Waals surface area contributed by atoms with E-state index in [2.05, 4.69) is 0 Å². The summed E-state index contributed by atoms with van der Waals surface area (Å²) in [5.74, 6) is -0.149. The number of rotatable bonds is 3. The fourth-order valence-corrected chi connectivity index (χ4v) is 1.63. The Bertz CT molecular complexity index is 429. The van der Waals surface area contributed by atoms with Gasteiger partial charge in [-0.3, -0.25) is 14.9 Å². The van der Waals surface area contributed by atoms with Crippen molar-refractivity contribution in [3.05, 3.63) is 33.4 Å². The van der Waals surface area contributed by atoms with E-state index in [1.165, 1.54) is 13.0 Å².